The predicted molar refractivity (Wildman–Crippen MR) is 71.1 cm³/mol. The van der Waals surface area contributed by atoms with Gasteiger partial charge in [-0.2, -0.15) is 0 Å². The first-order chi connectivity index (χ1) is 7.50. The number of nitrogens with one attached hydrogen (secondary N) is 2. The van der Waals surface area contributed by atoms with Gasteiger partial charge in [-0.15, -0.1) is 0 Å². The smallest absolute Gasteiger partial charge is 0.0964 e. The van der Waals surface area contributed by atoms with Crippen molar-refractivity contribution < 1.29 is 0 Å². The second-order valence-corrected chi connectivity index (χ2v) is 5.64. The Morgan fingerprint density at radius 3 is 2.44 bits per heavy atom. The molecule has 16 heavy (non-hydrogen) atoms. The number of hydrogen-bond donors (Lipinski definition) is 2. The van der Waals surface area contributed by atoms with E-state index in [1.165, 1.54) is 29.8 Å². The van der Waals surface area contributed by atoms with Crippen LogP contribution in [0.25, 0.3) is 0 Å². The van der Waals surface area contributed by atoms with Crippen molar-refractivity contribution in [1.82, 2.24) is 0 Å². The molecule has 1 aromatic carbocycles. The lowest BCUT2D eigenvalue weighted by Crippen LogP contribution is -2.21. The van der Waals surface area contributed by atoms with Crippen LogP contribution in [-0.4, -0.2) is 6.17 Å². The predicted octanol–water partition coefficient (Wildman–Crippen LogP) is 3.95. The Morgan fingerprint density at radius 1 is 1.12 bits per heavy atom. The highest BCUT2D eigenvalue weighted by molar-refractivity contribution is 5.75. The zero-order chi connectivity index (χ0) is 11.8. The molecule has 0 aromatic heterocycles. The molecule has 1 unspecified atom stereocenters. The average molecular weight is 218 g/mol. The molecule has 1 aromatic rings. The molecule has 2 N–H and O–H groups in total. The van der Waals surface area contributed by atoms with Crippen molar-refractivity contribution in [2.45, 2.75) is 52.1 Å². The van der Waals surface area contributed by atoms with Gasteiger partial charge < -0.3 is 10.6 Å². The Hall–Kier alpha value is -1.18. The summed E-state index contributed by atoms with van der Waals surface area (Å²) in [7, 11) is 0. The van der Waals surface area contributed by atoms with Gasteiger partial charge in [-0.25, -0.2) is 0 Å². The average Bonchev–Trinajstić information content (AvgIpc) is 2.57. The number of rotatable bonds is 2. The van der Waals surface area contributed by atoms with Crippen LogP contribution in [0, 0.1) is 0 Å². The fourth-order valence-corrected chi connectivity index (χ4v) is 2.10. The summed E-state index contributed by atoms with van der Waals surface area (Å²) in [5.74, 6) is 0. The summed E-state index contributed by atoms with van der Waals surface area (Å²) in [4.78, 5) is 0. The molecular weight excluding hydrogens is 196 g/mol. The second-order valence-electron chi connectivity index (χ2n) is 5.64. The fourth-order valence-electron chi connectivity index (χ4n) is 2.10. The van der Waals surface area contributed by atoms with E-state index in [1.54, 1.807) is 0 Å². The summed E-state index contributed by atoms with van der Waals surface area (Å²) in [6.07, 6.45) is 2.78. The number of fused-ring (bicyclic) bond motifs is 1. The zero-order valence-corrected chi connectivity index (χ0v) is 10.7. The van der Waals surface area contributed by atoms with E-state index in [0.717, 1.165) is 0 Å². The van der Waals surface area contributed by atoms with E-state index in [1.807, 2.05) is 0 Å². The van der Waals surface area contributed by atoms with Gasteiger partial charge in [0, 0.05) is 0 Å². The van der Waals surface area contributed by atoms with Gasteiger partial charge in [0.25, 0.3) is 0 Å². The number of anilines is 2. The maximum absolute atomic E-state index is 3.54. The molecular formula is C14H22N2. The molecule has 1 aliphatic rings. The van der Waals surface area contributed by atoms with E-state index < -0.39 is 0 Å². The summed E-state index contributed by atoms with van der Waals surface area (Å²) in [6, 6.07) is 6.69. The van der Waals surface area contributed by atoms with Crippen LogP contribution < -0.4 is 10.6 Å². The molecule has 2 nitrogen and oxygen atoms in total. The molecule has 2 rings (SSSR count). The molecule has 0 amide bonds. The van der Waals surface area contributed by atoms with Crippen molar-refractivity contribution in [1.29, 1.82) is 0 Å². The van der Waals surface area contributed by atoms with Crippen LogP contribution in [-0.2, 0) is 5.41 Å². The minimum absolute atomic E-state index is 0.222. The summed E-state index contributed by atoms with van der Waals surface area (Å²) in [5.41, 5.74) is 4.11. The monoisotopic (exact) mass is 218 g/mol. The number of hydrogen-bond acceptors (Lipinski definition) is 2. The first kappa shape index (κ1) is 11.3. The van der Waals surface area contributed by atoms with Crippen LogP contribution in [0.2, 0.25) is 0 Å². The maximum atomic E-state index is 3.54. The molecule has 0 saturated heterocycles. The molecule has 1 aliphatic heterocycles. The van der Waals surface area contributed by atoms with Crippen molar-refractivity contribution in [3.8, 4) is 0 Å². The fraction of sp³-hybridized carbons (Fsp3) is 0.571. The van der Waals surface area contributed by atoms with E-state index in [4.69, 9.17) is 0 Å². The third-order valence-corrected chi connectivity index (χ3v) is 3.12. The zero-order valence-electron chi connectivity index (χ0n) is 10.7. The highest BCUT2D eigenvalue weighted by Crippen LogP contribution is 2.34. The molecule has 88 valence electrons. The third kappa shape index (κ3) is 2.16. The van der Waals surface area contributed by atoms with Gasteiger partial charge in [-0.1, -0.05) is 40.2 Å². The first-order valence-corrected chi connectivity index (χ1v) is 6.18. The lowest BCUT2D eigenvalue weighted by molar-refractivity contribution is 0.590. The van der Waals surface area contributed by atoms with Crippen LogP contribution >= 0.6 is 0 Å². The van der Waals surface area contributed by atoms with Crippen LogP contribution in [0.15, 0.2) is 18.2 Å². The Labute approximate surface area is 98.4 Å². The van der Waals surface area contributed by atoms with E-state index in [-0.39, 0.29) is 5.41 Å². The summed E-state index contributed by atoms with van der Waals surface area (Å²) >= 11 is 0. The summed E-state index contributed by atoms with van der Waals surface area (Å²) in [5, 5.41) is 7.04. The Morgan fingerprint density at radius 2 is 1.81 bits per heavy atom. The van der Waals surface area contributed by atoms with Crippen LogP contribution in [0.1, 0.15) is 46.1 Å². The van der Waals surface area contributed by atoms with Crippen molar-refractivity contribution in [3.63, 3.8) is 0 Å². The highest BCUT2D eigenvalue weighted by atomic mass is 15.2. The molecule has 0 fully saturated rings. The van der Waals surface area contributed by atoms with Gasteiger partial charge >= 0.3 is 0 Å². The lowest BCUT2D eigenvalue weighted by Gasteiger charge is -2.19. The van der Waals surface area contributed by atoms with Crippen molar-refractivity contribution >= 4 is 11.4 Å². The topological polar surface area (TPSA) is 24.1 Å². The molecule has 0 aliphatic carbocycles. The van der Waals surface area contributed by atoms with Crippen molar-refractivity contribution in [2.75, 3.05) is 10.6 Å². The summed E-state index contributed by atoms with van der Waals surface area (Å²) < 4.78 is 0. The van der Waals surface area contributed by atoms with Crippen LogP contribution in [0.5, 0.6) is 0 Å². The van der Waals surface area contributed by atoms with E-state index in [0.29, 0.717) is 6.17 Å². The van der Waals surface area contributed by atoms with E-state index in [9.17, 15) is 0 Å². The van der Waals surface area contributed by atoms with Gasteiger partial charge in [0.05, 0.1) is 17.5 Å². The first-order valence-electron chi connectivity index (χ1n) is 6.18. The number of benzene rings is 1. The molecule has 0 radical (unpaired) electrons. The van der Waals surface area contributed by atoms with Crippen molar-refractivity contribution in [3.05, 3.63) is 23.8 Å². The van der Waals surface area contributed by atoms with Gasteiger partial charge in [0.2, 0.25) is 0 Å². The van der Waals surface area contributed by atoms with Crippen LogP contribution in [0.3, 0.4) is 0 Å². The lowest BCUT2D eigenvalue weighted by atomic mass is 9.87. The van der Waals surface area contributed by atoms with Crippen molar-refractivity contribution in [2.24, 2.45) is 0 Å². The standard InChI is InChI=1S/C14H22N2/c1-5-6-13-15-11-8-7-10(14(2,3)4)9-12(11)16-13/h7-9,13,15-16H,5-6H2,1-4H3. The summed E-state index contributed by atoms with van der Waals surface area (Å²) in [6.45, 7) is 8.97. The second kappa shape index (κ2) is 4.00. The minimum Gasteiger partial charge on any atom is -0.364 e. The molecule has 0 spiro atoms. The Kier molecular flexibility index (Phi) is 2.83. The van der Waals surface area contributed by atoms with Gasteiger partial charge in [-0.05, 0) is 29.5 Å². The third-order valence-electron chi connectivity index (χ3n) is 3.12. The van der Waals surface area contributed by atoms with E-state index in [2.05, 4.69) is 56.5 Å². The highest BCUT2D eigenvalue weighted by Gasteiger charge is 2.21. The molecule has 0 saturated carbocycles. The Balaban J connectivity index is 2.21. The molecule has 1 atom stereocenters. The quantitative estimate of drug-likeness (QED) is 0.785. The molecule has 1 heterocycles. The van der Waals surface area contributed by atoms with E-state index >= 15 is 0 Å². The SMILES string of the molecule is CCCC1Nc2ccc(C(C)(C)C)cc2N1. The van der Waals surface area contributed by atoms with Crippen LogP contribution in [0.4, 0.5) is 11.4 Å². The van der Waals surface area contributed by atoms with Gasteiger partial charge in [-0.3, -0.25) is 0 Å². The Bertz CT molecular complexity index is 377. The maximum Gasteiger partial charge on any atom is 0.0964 e. The van der Waals surface area contributed by atoms with Gasteiger partial charge in [0.15, 0.2) is 0 Å². The minimum atomic E-state index is 0.222. The molecule has 2 heteroatoms. The molecule has 0 bridgehead atoms. The largest absolute Gasteiger partial charge is 0.364 e. The van der Waals surface area contributed by atoms with Gasteiger partial charge in [0.1, 0.15) is 0 Å². The normalized spacial score (nSPS) is 18.9.